The molecule has 0 aliphatic carbocycles. The third-order valence-electron chi connectivity index (χ3n) is 2.11. The lowest BCUT2D eigenvalue weighted by Crippen LogP contribution is -2.02. The van der Waals surface area contributed by atoms with Crippen molar-refractivity contribution in [2.45, 2.75) is 0 Å². The lowest BCUT2D eigenvalue weighted by atomic mass is 10.1. The van der Waals surface area contributed by atoms with E-state index < -0.39 is 0 Å². The van der Waals surface area contributed by atoms with Crippen molar-refractivity contribution in [1.82, 2.24) is 4.98 Å². The van der Waals surface area contributed by atoms with E-state index in [4.69, 9.17) is 23.2 Å². The molecule has 0 aliphatic heterocycles. The highest BCUT2D eigenvalue weighted by molar-refractivity contribution is 6.34. The van der Waals surface area contributed by atoms with Crippen molar-refractivity contribution in [3.05, 3.63) is 63.9 Å². The van der Waals surface area contributed by atoms with Gasteiger partial charge in [-0.25, -0.2) is 4.98 Å². The molecule has 1 heterocycles. The Kier molecular flexibility index (Phi) is 3.22. The molecule has 0 spiro atoms. The van der Waals surface area contributed by atoms with E-state index in [-0.39, 0.29) is 10.9 Å². The molecule has 0 N–H and O–H groups in total. The minimum absolute atomic E-state index is 0.158. The van der Waals surface area contributed by atoms with E-state index in [1.54, 1.807) is 42.6 Å². The summed E-state index contributed by atoms with van der Waals surface area (Å²) >= 11 is 11.6. The van der Waals surface area contributed by atoms with E-state index in [1.165, 1.54) is 0 Å². The molecular weight excluding hydrogens is 245 g/mol. The van der Waals surface area contributed by atoms with Crippen LogP contribution in [0.25, 0.3) is 0 Å². The Morgan fingerprint density at radius 2 is 1.75 bits per heavy atom. The number of nitrogens with zero attached hydrogens (tertiary/aromatic N) is 1. The monoisotopic (exact) mass is 251 g/mol. The number of rotatable bonds is 2. The standard InChI is InChI=1S/C12H7Cl2NO/c13-9-5-3-8(4-6-9)11(16)10-2-1-7-15-12(10)14/h1-7H. The van der Waals surface area contributed by atoms with Gasteiger partial charge in [0.25, 0.3) is 0 Å². The van der Waals surface area contributed by atoms with Gasteiger partial charge in [-0.2, -0.15) is 0 Å². The Morgan fingerprint density at radius 3 is 2.38 bits per heavy atom. The number of ketones is 1. The van der Waals surface area contributed by atoms with Gasteiger partial charge in [0, 0.05) is 16.8 Å². The Balaban J connectivity index is 2.40. The predicted molar refractivity (Wildman–Crippen MR) is 64.1 cm³/mol. The Bertz CT molecular complexity index is 523. The molecule has 0 aliphatic rings. The third-order valence-corrected chi connectivity index (χ3v) is 2.66. The van der Waals surface area contributed by atoms with Crippen molar-refractivity contribution < 1.29 is 4.79 Å². The van der Waals surface area contributed by atoms with Crippen LogP contribution in [0.15, 0.2) is 42.6 Å². The molecule has 1 aromatic carbocycles. The second-order valence-corrected chi connectivity index (χ2v) is 3.97. The van der Waals surface area contributed by atoms with E-state index in [2.05, 4.69) is 4.98 Å². The van der Waals surface area contributed by atoms with Crippen LogP contribution in [0, 0.1) is 0 Å². The van der Waals surface area contributed by atoms with E-state index in [0.29, 0.717) is 16.1 Å². The maximum atomic E-state index is 12.0. The fraction of sp³-hybridized carbons (Fsp3) is 0. The smallest absolute Gasteiger partial charge is 0.196 e. The largest absolute Gasteiger partial charge is 0.288 e. The average molecular weight is 252 g/mol. The van der Waals surface area contributed by atoms with Crippen LogP contribution in [0.4, 0.5) is 0 Å². The summed E-state index contributed by atoms with van der Waals surface area (Å²) in [5, 5.41) is 0.802. The van der Waals surface area contributed by atoms with E-state index >= 15 is 0 Å². The molecule has 2 rings (SSSR count). The molecule has 0 radical (unpaired) electrons. The van der Waals surface area contributed by atoms with Crippen LogP contribution in [0.2, 0.25) is 10.2 Å². The molecule has 4 heteroatoms. The van der Waals surface area contributed by atoms with E-state index in [0.717, 1.165) is 0 Å². The molecule has 0 unspecified atom stereocenters. The minimum atomic E-state index is -0.158. The molecule has 80 valence electrons. The van der Waals surface area contributed by atoms with Crippen LogP contribution < -0.4 is 0 Å². The number of carbonyl (C=O) groups excluding carboxylic acids is 1. The molecule has 0 amide bonds. The number of hydrogen-bond donors (Lipinski definition) is 0. The van der Waals surface area contributed by atoms with Crippen LogP contribution in [0.3, 0.4) is 0 Å². The van der Waals surface area contributed by atoms with Crippen LogP contribution in [0.1, 0.15) is 15.9 Å². The van der Waals surface area contributed by atoms with Gasteiger partial charge in [0.2, 0.25) is 0 Å². The highest BCUT2D eigenvalue weighted by Crippen LogP contribution is 2.18. The number of pyridine rings is 1. The van der Waals surface area contributed by atoms with Gasteiger partial charge in [-0.3, -0.25) is 4.79 Å². The predicted octanol–water partition coefficient (Wildman–Crippen LogP) is 3.62. The highest BCUT2D eigenvalue weighted by Gasteiger charge is 2.12. The lowest BCUT2D eigenvalue weighted by Gasteiger charge is -2.02. The van der Waals surface area contributed by atoms with Gasteiger partial charge >= 0.3 is 0 Å². The minimum Gasteiger partial charge on any atom is -0.288 e. The summed E-state index contributed by atoms with van der Waals surface area (Å²) in [7, 11) is 0. The van der Waals surface area contributed by atoms with Gasteiger partial charge in [0.1, 0.15) is 5.15 Å². The first-order chi connectivity index (χ1) is 7.68. The quantitative estimate of drug-likeness (QED) is 0.603. The highest BCUT2D eigenvalue weighted by atomic mass is 35.5. The summed E-state index contributed by atoms with van der Waals surface area (Å²) in [5.74, 6) is -0.158. The summed E-state index contributed by atoms with van der Waals surface area (Å²) in [4.78, 5) is 15.9. The molecule has 2 aromatic rings. The molecule has 0 bridgehead atoms. The van der Waals surface area contributed by atoms with Gasteiger partial charge in [-0.1, -0.05) is 23.2 Å². The van der Waals surface area contributed by atoms with Crippen molar-refractivity contribution in [3.8, 4) is 0 Å². The number of halogens is 2. The Morgan fingerprint density at radius 1 is 1.06 bits per heavy atom. The van der Waals surface area contributed by atoms with Crippen molar-refractivity contribution >= 4 is 29.0 Å². The summed E-state index contributed by atoms with van der Waals surface area (Å²) in [6.45, 7) is 0. The molecule has 0 atom stereocenters. The van der Waals surface area contributed by atoms with Crippen molar-refractivity contribution in [1.29, 1.82) is 0 Å². The van der Waals surface area contributed by atoms with E-state index in [9.17, 15) is 4.79 Å². The molecule has 0 saturated carbocycles. The first-order valence-electron chi connectivity index (χ1n) is 4.59. The summed E-state index contributed by atoms with van der Waals surface area (Å²) in [6, 6.07) is 9.97. The first kappa shape index (κ1) is 11.1. The van der Waals surface area contributed by atoms with Crippen molar-refractivity contribution in [2.24, 2.45) is 0 Å². The molecule has 2 nitrogen and oxygen atoms in total. The Labute approximate surface area is 103 Å². The summed E-state index contributed by atoms with van der Waals surface area (Å²) in [5.41, 5.74) is 0.936. The van der Waals surface area contributed by atoms with Crippen LogP contribution >= 0.6 is 23.2 Å². The summed E-state index contributed by atoms with van der Waals surface area (Å²) in [6.07, 6.45) is 1.54. The Hall–Kier alpha value is -1.38. The van der Waals surface area contributed by atoms with Gasteiger partial charge in [-0.05, 0) is 36.4 Å². The van der Waals surface area contributed by atoms with Crippen LogP contribution in [-0.4, -0.2) is 10.8 Å². The van der Waals surface area contributed by atoms with Crippen molar-refractivity contribution in [2.75, 3.05) is 0 Å². The summed E-state index contributed by atoms with van der Waals surface area (Å²) < 4.78 is 0. The SMILES string of the molecule is O=C(c1ccc(Cl)cc1)c1cccnc1Cl. The maximum absolute atomic E-state index is 12.0. The van der Waals surface area contributed by atoms with Gasteiger partial charge in [0.15, 0.2) is 5.78 Å². The number of hydrogen-bond acceptors (Lipinski definition) is 2. The second-order valence-electron chi connectivity index (χ2n) is 3.18. The molecule has 16 heavy (non-hydrogen) atoms. The average Bonchev–Trinajstić information content (AvgIpc) is 2.30. The normalized spacial score (nSPS) is 10.1. The first-order valence-corrected chi connectivity index (χ1v) is 5.35. The number of benzene rings is 1. The van der Waals surface area contributed by atoms with Gasteiger partial charge < -0.3 is 0 Å². The zero-order valence-electron chi connectivity index (χ0n) is 8.15. The fourth-order valence-electron chi connectivity index (χ4n) is 1.31. The molecular formula is C12H7Cl2NO. The fourth-order valence-corrected chi connectivity index (χ4v) is 1.64. The number of carbonyl (C=O) groups is 1. The number of aromatic nitrogens is 1. The van der Waals surface area contributed by atoms with Crippen molar-refractivity contribution in [3.63, 3.8) is 0 Å². The molecule has 0 saturated heterocycles. The zero-order chi connectivity index (χ0) is 11.5. The van der Waals surface area contributed by atoms with Crippen LogP contribution in [-0.2, 0) is 0 Å². The molecule has 0 fully saturated rings. The third kappa shape index (κ3) is 2.23. The zero-order valence-corrected chi connectivity index (χ0v) is 9.66. The maximum Gasteiger partial charge on any atom is 0.196 e. The van der Waals surface area contributed by atoms with Gasteiger partial charge in [-0.15, -0.1) is 0 Å². The van der Waals surface area contributed by atoms with E-state index in [1.807, 2.05) is 0 Å². The topological polar surface area (TPSA) is 30.0 Å². The van der Waals surface area contributed by atoms with Crippen LogP contribution in [0.5, 0.6) is 0 Å². The van der Waals surface area contributed by atoms with Gasteiger partial charge in [0.05, 0.1) is 5.56 Å². The second kappa shape index (κ2) is 4.64. The molecule has 1 aromatic heterocycles. The lowest BCUT2D eigenvalue weighted by molar-refractivity contribution is 0.103.